The van der Waals surface area contributed by atoms with E-state index in [0.717, 1.165) is 22.7 Å². The Kier molecular flexibility index (Phi) is 6.87. The molecule has 1 amide bonds. The van der Waals surface area contributed by atoms with Crippen molar-refractivity contribution in [1.29, 1.82) is 0 Å². The lowest BCUT2D eigenvalue weighted by Gasteiger charge is -2.18. The van der Waals surface area contributed by atoms with Crippen LogP contribution in [-0.2, 0) is 14.8 Å². The predicted molar refractivity (Wildman–Crippen MR) is 87.6 cm³/mol. The average molecular weight is 319 g/mol. The second kappa shape index (κ2) is 8.40. The molecule has 0 unspecified atom stereocenters. The number of aryl methyl sites for hydroxylation is 1. The van der Waals surface area contributed by atoms with Gasteiger partial charge in [0.1, 0.15) is 0 Å². The van der Waals surface area contributed by atoms with Crippen molar-refractivity contribution >= 4 is 15.9 Å². The van der Waals surface area contributed by atoms with E-state index in [1.54, 1.807) is 12.1 Å². The van der Waals surface area contributed by atoms with Gasteiger partial charge in [0, 0.05) is 6.42 Å². The second-order valence-corrected chi connectivity index (χ2v) is 6.71. The van der Waals surface area contributed by atoms with Crippen molar-refractivity contribution in [2.24, 2.45) is 0 Å². The summed E-state index contributed by atoms with van der Waals surface area (Å²) in [7, 11) is -3.91. The second-order valence-electron chi connectivity index (χ2n) is 4.85. The summed E-state index contributed by atoms with van der Waals surface area (Å²) in [6, 6.07) is 6.35. The molecule has 0 radical (unpaired) electrons. The largest absolute Gasteiger partial charge is 0.312 e. The van der Waals surface area contributed by atoms with Gasteiger partial charge in [0.25, 0.3) is 10.0 Å². The predicted octanol–water partition coefficient (Wildman–Crippen LogP) is 2.89. The van der Waals surface area contributed by atoms with Crippen molar-refractivity contribution in [3.63, 3.8) is 0 Å². The molecule has 1 rings (SSSR count). The fourth-order valence-corrected chi connectivity index (χ4v) is 3.01. The van der Waals surface area contributed by atoms with Crippen molar-refractivity contribution < 1.29 is 13.2 Å². The van der Waals surface area contributed by atoms with Crippen molar-refractivity contribution in [1.82, 2.24) is 4.31 Å². The Morgan fingerprint density at radius 2 is 1.95 bits per heavy atom. The fourth-order valence-electron chi connectivity index (χ4n) is 1.71. The summed E-state index contributed by atoms with van der Waals surface area (Å²) in [6.45, 7) is 7.29. The molecule has 0 N–H and O–H groups in total. The molecule has 1 aromatic carbocycles. The van der Waals surface area contributed by atoms with Gasteiger partial charge in [-0.1, -0.05) is 43.0 Å². The molecule has 22 heavy (non-hydrogen) atoms. The van der Waals surface area contributed by atoms with Crippen LogP contribution < -0.4 is 0 Å². The summed E-state index contributed by atoms with van der Waals surface area (Å²) in [6.07, 6.45) is 3.81. The third kappa shape index (κ3) is 4.74. The molecule has 0 saturated heterocycles. The van der Waals surface area contributed by atoms with Crippen LogP contribution in [0.4, 0.5) is 0 Å². The number of rotatable bonds is 6. The van der Waals surface area contributed by atoms with E-state index >= 15 is 0 Å². The van der Waals surface area contributed by atoms with E-state index in [2.05, 4.69) is 18.4 Å². The lowest BCUT2D eigenvalue weighted by molar-refractivity contribution is -0.120. The van der Waals surface area contributed by atoms with E-state index < -0.39 is 15.9 Å². The third-order valence-corrected chi connectivity index (χ3v) is 4.74. The quantitative estimate of drug-likeness (QED) is 0.460. The number of unbranched alkanes of at least 4 members (excludes halogenated alkanes) is 2. The van der Waals surface area contributed by atoms with Gasteiger partial charge in [-0.05, 0) is 31.4 Å². The topological polar surface area (TPSA) is 54.5 Å². The summed E-state index contributed by atoms with van der Waals surface area (Å²) < 4.78 is 25.9. The Labute approximate surface area is 132 Å². The van der Waals surface area contributed by atoms with Crippen LogP contribution >= 0.6 is 0 Å². The minimum absolute atomic E-state index is 0.0728. The van der Waals surface area contributed by atoms with Crippen LogP contribution in [0.2, 0.25) is 0 Å². The minimum Gasteiger partial charge on any atom is -0.258 e. The number of carbonyl (C=O) groups is 1. The minimum atomic E-state index is -3.91. The maximum absolute atomic E-state index is 12.6. The summed E-state index contributed by atoms with van der Waals surface area (Å²) in [5.41, 5.74) is 0.944. The first-order valence-corrected chi connectivity index (χ1v) is 8.60. The van der Waals surface area contributed by atoms with Crippen LogP contribution in [-0.4, -0.2) is 25.2 Å². The monoisotopic (exact) mass is 319 g/mol. The molecule has 118 valence electrons. The first-order chi connectivity index (χ1) is 10.4. The van der Waals surface area contributed by atoms with E-state index in [0.29, 0.717) is 6.42 Å². The van der Waals surface area contributed by atoms with Crippen LogP contribution in [0, 0.1) is 18.8 Å². The number of benzene rings is 1. The van der Waals surface area contributed by atoms with Crippen LogP contribution in [0.1, 0.15) is 31.7 Å². The first-order valence-electron chi connectivity index (χ1n) is 7.16. The molecule has 0 bridgehead atoms. The van der Waals surface area contributed by atoms with E-state index in [1.807, 2.05) is 13.8 Å². The van der Waals surface area contributed by atoms with E-state index in [4.69, 9.17) is 0 Å². The molecule has 0 saturated carbocycles. The van der Waals surface area contributed by atoms with Gasteiger partial charge in [-0.15, -0.1) is 6.58 Å². The highest BCUT2D eigenvalue weighted by atomic mass is 32.2. The highest BCUT2D eigenvalue weighted by Gasteiger charge is 2.27. The fraction of sp³-hybridized carbons (Fsp3) is 0.353. The zero-order valence-corrected chi connectivity index (χ0v) is 13.8. The van der Waals surface area contributed by atoms with Crippen LogP contribution in [0.15, 0.2) is 41.8 Å². The summed E-state index contributed by atoms with van der Waals surface area (Å²) in [4.78, 5) is 12.2. The van der Waals surface area contributed by atoms with Crippen molar-refractivity contribution in [2.75, 3.05) is 6.54 Å². The third-order valence-electron chi connectivity index (χ3n) is 2.98. The molecule has 0 aliphatic carbocycles. The highest BCUT2D eigenvalue weighted by Crippen LogP contribution is 2.16. The van der Waals surface area contributed by atoms with Gasteiger partial charge in [0.2, 0.25) is 0 Å². The normalized spacial score (nSPS) is 10.5. The number of hydrogen-bond donors (Lipinski definition) is 0. The Morgan fingerprint density at radius 1 is 1.32 bits per heavy atom. The van der Waals surface area contributed by atoms with Gasteiger partial charge >= 0.3 is 5.91 Å². The van der Waals surface area contributed by atoms with Crippen LogP contribution in [0.3, 0.4) is 0 Å². The number of hydrogen-bond acceptors (Lipinski definition) is 3. The van der Waals surface area contributed by atoms with Gasteiger partial charge in [-0.25, -0.2) is 12.7 Å². The van der Waals surface area contributed by atoms with Gasteiger partial charge in [-0.2, -0.15) is 0 Å². The number of nitrogens with zero attached hydrogens (tertiary/aromatic N) is 1. The molecule has 0 aliphatic heterocycles. The molecule has 0 aromatic heterocycles. The molecule has 0 fully saturated rings. The molecule has 0 atom stereocenters. The molecule has 1 aromatic rings. The molecule has 0 spiro atoms. The lowest BCUT2D eigenvalue weighted by atomic mass is 10.2. The molecular weight excluding hydrogens is 298 g/mol. The van der Waals surface area contributed by atoms with E-state index in [-0.39, 0.29) is 11.4 Å². The van der Waals surface area contributed by atoms with Gasteiger partial charge in [0.05, 0.1) is 11.4 Å². The van der Waals surface area contributed by atoms with Crippen molar-refractivity contribution in [3.05, 3.63) is 42.5 Å². The van der Waals surface area contributed by atoms with E-state index in [1.165, 1.54) is 18.2 Å². The van der Waals surface area contributed by atoms with Gasteiger partial charge < -0.3 is 0 Å². The average Bonchev–Trinajstić information content (AvgIpc) is 2.49. The smallest absolute Gasteiger partial charge is 0.258 e. The Morgan fingerprint density at radius 3 is 2.50 bits per heavy atom. The maximum atomic E-state index is 12.6. The number of sulfonamides is 1. The van der Waals surface area contributed by atoms with Gasteiger partial charge in [0.15, 0.2) is 0 Å². The molecule has 5 heteroatoms. The summed E-state index contributed by atoms with van der Waals surface area (Å²) >= 11 is 0. The summed E-state index contributed by atoms with van der Waals surface area (Å²) in [5.74, 6) is 4.39. The molecule has 0 aliphatic rings. The number of amides is 1. The Bertz CT molecular complexity index is 679. The molecular formula is C17H21NO3S. The van der Waals surface area contributed by atoms with Crippen molar-refractivity contribution in [2.45, 2.75) is 38.0 Å². The maximum Gasteiger partial charge on any atom is 0.312 e. The number of carbonyl (C=O) groups excluding carboxylic acids is 1. The van der Waals surface area contributed by atoms with Gasteiger partial charge in [-0.3, -0.25) is 4.79 Å². The highest BCUT2D eigenvalue weighted by molar-refractivity contribution is 7.89. The Balaban J connectivity index is 3.06. The summed E-state index contributed by atoms with van der Waals surface area (Å²) in [5, 5.41) is 0. The van der Waals surface area contributed by atoms with E-state index in [9.17, 15) is 13.2 Å². The Hall–Kier alpha value is -2.06. The SMILES string of the molecule is C=CCN(C(=O)C#CCCCC)S(=O)(=O)c1ccc(C)cc1. The zero-order valence-electron chi connectivity index (χ0n) is 13.0. The van der Waals surface area contributed by atoms with Crippen LogP contribution in [0.5, 0.6) is 0 Å². The molecule has 0 heterocycles. The zero-order chi connectivity index (χ0) is 16.6. The molecule has 4 nitrogen and oxygen atoms in total. The first kappa shape index (κ1) is 18.0. The lowest BCUT2D eigenvalue weighted by Crippen LogP contribution is -2.36. The van der Waals surface area contributed by atoms with Crippen molar-refractivity contribution in [3.8, 4) is 11.8 Å². The standard InChI is InChI=1S/C17H21NO3S/c1-4-6-7-8-9-17(19)18(14-5-2)22(20,21)16-12-10-15(3)11-13-16/h5,10-13H,2,4,6-7,14H2,1,3H3. The van der Waals surface area contributed by atoms with Crippen LogP contribution in [0.25, 0.3) is 0 Å².